The third-order valence-corrected chi connectivity index (χ3v) is 4.02. The molecular weight excluding hydrogens is 232 g/mol. The molecule has 1 fully saturated rings. The van der Waals surface area contributed by atoms with Crippen LogP contribution in [0.5, 0.6) is 0 Å². The number of hydrogen-bond acceptors (Lipinski definition) is 1. The first kappa shape index (κ1) is 11.1. The highest BCUT2D eigenvalue weighted by molar-refractivity contribution is 6.16. The summed E-state index contributed by atoms with van der Waals surface area (Å²) in [6.45, 7) is 4.39. The standard InChI is InChI=1S/C14H17ClN2/c1-3-10-7-12(10)17-13-6-9(2)4-5-11(13)16-14(17)8-15/h4-6,10,12H,3,7-8H2,1-2H3. The quantitative estimate of drug-likeness (QED) is 0.750. The summed E-state index contributed by atoms with van der Waals surface area (Å²) in [6.07, 6.45) is 2.53. The van der Waals surface area contributed by atoms with E-state index in [1.165, 1.54) is 23.9 Å². The van der Waals surface area contributed by atoms with Crippen LogP contribution < -0.4 is 0 Å². The van der Waals surface area contributed by atoms with Crippen LogP contribution in [0.15, 0.2) is 18.2 Å². The molecule has 2 aromatic rings. The van der Waals surface area contributed by atoms with Gasteiger partial charge in [0, 0.05) is 6.04 Å². The fourth-order valence-electron chi connectivity index (χ4n) is 2.70. The number of aryl methyl sites for hydroxylation is 1. The van der Waals surface area contributed by atoms with Crippen molar-refractivity contribution in [3.63, 3.8) is 0 Å². The van der Waals surface area contributed by atoms with Crippen LogP contribution in [0.25, 0.3) is 11.0 Å². The number of hydrogen-bond donors (Lipinski definition) is 0. The lowest BCUT2D eigenvalue weighted by Crippen LogP contribution is -2.01. The average molecular weight is 249 g/mol. The molecule has 1 aliphatic carbocycles. The van der Waals surface area contributed by atoms with Crippen molar-refractivity contribution in [2.45, 2.75) is 38.6 Å². The molecule has 0 radical (unpaired) electrons. The molecule has 0 bridgehead atoms. The van der Waals surface area contributed by atoms with Crippen molar-refractivity contribution in [1.29, 1.82) is 0 Å². The van der Waals surface area contributed by atoms with Crippen LogP contribution in [0.1, 0.15) is 37.2 Å². The average Bonchev–Trinajstić information content (AvgIpc) is 3.02. The highest BCUT2D eigenvalue weighted by Crippen LogP contribution is 2.47. The number of nitrogens with zero attached hydrogens (tertiary/aromatic N) is 2. The molecule has 90 valence electrons. The zero-order valence-corrected chi connectivity index (χ0v) is 11.0. The van der Waals surface area contributed by atoms with Crippen molar-refractivity contribution in [3.8, 4) is 0 Å². The van der Waals surface area contributed by atoms with Gasteiger partial charge < -0.3 is 4.57 Å². The summed E-state index contributed by atoms with van der Waals surface area (Å²) < 4.78 is 2.36. The van der Waals surface area contributed by atoms with Gasteiger partial charge in [-0.3, -0.25) is 0 Å². The number of rotatable bonds is 3. The zero-order chi connectivity index (χ0) is 12.0. The molecule has 0 N–H and O–H groups in total. The molecule has 3 rings (SSSR count). The minimum absolute atomic E-state index is 0.501. The Kier molecular flexibility index (Phi) is 2.62. The topological polar surface area (TPSA) is 17.8 Å². The van der Waals surface area contributed by atoms with E-state index in [4.69, 9.17) is 11.6 Å². The SMILES string of the molecule is CCC1CC1n1c(CCl)nc2ccc(C)cc21. The lowest BCUT2D eigenvalue weighted by atomic mass is 10.2. The Morgan fingerprint density at radius 3 is 2.94 bits per heavy atom. The molecule has 1 heterocycles. The fraction of sp³-hybridized carbons (Fsp3) is 0.500. The van der Waals surface area contributed by atoms with E-state index in [1.54, 1.807) is 0 Å². The Morgan fingerprint density at radius 2 is 2.29 bits per heavy atom. The molecule has 2 nitrogen and oxygen atoms in total. The van der Waals surface area contributed by atoms with Crippen LogP contribution >= 0.6 is 11.6 Å². The number of alkyl halides is 1. The van der Waals surface area contributed by atoms with Gasteiger partial charge in [0.05, 0.1) is 16.9 Å². The summed E-state index contributed by atoms with van der Waals surface area (Å²) >= 11 is 6.02. The first-order valence-electron chi connectivity index (χ1n) is 6.28. The highest BCUT2D eigenvalue weighted by Gasteiger charge is 2.38. The molecule has 17 heavy (non-hydrogen) atoms. The summed E-state index contributed by atoms with van der Waals surface area (Å²) in [6, 6.07) is 7.06. The van der Waals surface area contributed by atoms with Crippen LogP contribution in [0.3, 0.4) is 0 Å². The monoisotopic (exact) mass is 248 g/mol. The maximum atomic E-state index is 6.02. The van der Waals surface area contributed by atoms with Crippen molar-refractivity contribution in [2.24, 2.45) is 5.92 Å². The van der Waals surface area contributed by atoms with Crippen LogP contribution in [0.2, 0.25) is 0 Å². The van der Waals surface area contributed by atoms with E-state index in [0.29, 0.717) is 11.9 Å². The summed E-state index contributed by atoms with van der Waals surface area (Å²) in [7, 11) is 0. The van der Waals surface area contributed by atoms with Gasteiger partial charge in [0.1, 0.15) is 5.82 Å². The molecule has 0 aliphatic heterocycles. The number of halogens is 1. The minimum atomic E-state index is 0.501. The van der Waals surface area contributed by atoms with Crippen molar-refractivity contribution in [2.75, 3.05) is 0 Å². The molecule has 1 saturated carbocycles. The van der Waals surface area contributed by atoms with E-state index >= 15 is 0 Å². The van der Waals surface area contributed by atoms with Gasteiger partial charge >= 0.3 is 0 Å². The van der Waals surface area contributed by atoms with E-state index in [2.05, 4.69) is 41.6 Å². The molecule has 0 amide bonds. The largest absolute Gasteiger partial charge is 0.324 e. The smallest absolute Gasteiger partial charge is 0.125 e. The van der Waals surface area contributed by atoms with Crippen molar-refractivity contribution in [3.05, 3.63) is 29.6 Å². The lowest BCUT2D eigenvalue weighted by Gasteiger charge is -2.07. The molecule has 3 heteroatoms. The summed E-state index contributed by atoms with van der Waals surface area (Å²) in [4.78, 5) is 4.63. The van der Waals surface area contributed by atoms with E-state index in [9.17, 15) is 0 Å². The number of benzene rings is 1. The third-order valence-electron chi connectivity index (χ3n) is 3.78. The Balaban J connectivity index is 2.16. The molecule has 1 aromatic heterocycles. The van der Waals surface area contributed by atoms with Gasteiger partial charge in [-0.05, 0) is 37.0 Å². The van der Waals surface area contributed by atoms with Crippen molar-refractivity contribution < 1.29 is 0 Å². The molecule has 2 unspecified atom stereocenters. The number of imidazole rings is 1. The Hall–Kier alpha value is -1.02. The van der Waals surface area contributed by atoms with Crippen molar-refractivity contribution in [1.82, 2.24) is 9.55 Å². The molecular formula is C14H17ClN2. The second kappa shape index (κ2) is 4.02. The van der Waals surface area contributed by atoms with Gasteiger partial charge in [0.25, 0.3) is 0 Å². The third kappa shape index (κ3) is 1.75. The van der Waals surface area contributed by atoms with Crippen LogP contribution in [-0.2, 0) is 5.88 Å². The number of fused-ring (bicyclic) bond motifs is 1. The maximum Gasteiger partial charge on any atom is 0.125 e. The Morgan fingerprint density at radius 1 is 1.47 bits per heavy atom. The van der Waals surface area contributed by atoms with E-state index in [0.717, 1.165) is 17.3 Å². The summed E-state index contributed by atoms with van der Waals surface area (Å²) in [5.74, 6) is 2.34. The van der Waals surface area contributed by atoms with Crippen LogP contribution in [0.4, 0.5) is 0 Å². The van der Waals surface area contributed by atoms with Crippen LogP contribution in [0, 0.1) is 12.8 Å². The zero-order valence-electron chi connectivity index (χ0n) is 10.3. The van der Waals surface area contributed by atoms with Gasteiger partial charge in [0.2, 0.25) is 0 Å². The highest BCUT2D eigenvalue weighted by atomic mass is 35.5. The van der Waals surface area contributed by atoms with E-state index in [1.807, 2.05) is 0 Å². The molecule has 1 aromatic carbocycles. The fourth-order valence-corrected chi connectivity index (χ4v) is 2.89. The minimum Gasteiger partial charge on any atom is -0.324 e. The van der Waals surface area contributed by atoms with E-state index in [-0.39, 0.29) is 0 Å². The molecule has 1 aliphatic rings. The van der Waals surface area contributed by atoms with Crippen molar-refractivity contribution >= 4 is 22.6 Å². The van der Waals surface area contributed by atoms with Gasteiger partial charge in [-0.1, -0.05) is 19.4 Å². The van der Waals surface area contributed by atoms with Gasteiger partial charge in [0.15, 0.2) is 0 Å². The predicted octanol–water partition coefficient (Wildman–Crippen LogP) is 4.05. The first-order chi connectivity index (χ1) is 8.24. The molecule has 0 saturated heterocycles. The van der Waals surface area contributed by atoms with Gasteiger partial charge in [-0.2, -0.15) is 0 Å². The summed E-state index contributed by atoms with van der Waals surface area (Å²) in [5.41, 5.74) is 3.61. The lowest BCUT2D eigenvalue weighted by molar-refractivity contribution is 0.636. The second-order valence-corrected chi connectivity index (χ2v) is 5.26. The summed E-state index contributed by atoms with van der Waals surface area (Å²) in [5, 5.41) is 0. The van der Waals surface area contributed by atoms with E-state index < -0.39 is 0 Å². The van der Waals surface area contributed by atoms with Crippen LogP contribution in [-0.4, -0.2) is 9.55 Å². The van der Waals surface area contributed by atoms with Gasteiger partial charge in [-0.15, -0.1) is 11.6 Å². The maximum absolute atomic E-state index is 6.02. The number of aromatic nitrogens is 2. The Labute approximate surface area is 107 Å². The Bertz CT molecular complexity index is 559. The predicted molar refractivity (Wildman–Crippen MR) is 71.5 cm³/mol. The molecule has 0 spiro atoms. The normalized spacial score (nSPS) is 23.2. The second-order valence-electron chi connectivity index (χ2n) is 5.00. The first-order valence-corrected chi connectivity index (χ1v) is 6.81. The molecule has 2 atom stereocenters. The van der Waals surface area contributed by atoms with Gasteiger partial charge in [-0.25, -0.2) is 4.98 Å².